The Hall–Kier alpha value is -1.32. The van der Waals surface area contributed by atoms with Crippen LogP contribution in [0.4, 0.5) is 0 Å². The van der Waals surface area contributed by atoms with Gasteiger partial charge in [-0.15, -0.1) is 0 Å². The number of nitrogens with one attached hydrogen (secondary N) is 1. The molecule has 0 aliphatic heterocycles. The lowest BCUT2D eigenvalue weighted by atomic mass is 10.4. The van der Waals surface area contributed by atoms with Crippen molar-refractivity contribution in [3.8, 4) is 0 Å². The Labute approximate surface area is 59.8 Å². The van der Waals surface area contributed by atoms with Gasteiger partial charge in [-0.2, -0.15) is 4.99 Å². The molecule has 0 spiro atoms. The van der Waals surface area contributed by atoms with Gasteiger partial charge in [-0.05, 0) is 6.92 Å². The molecule has 3 N–H and O–H groups in total. The lowest BCUT2D eigenvalue weighted by molar-refractivity contribution is -0.106. The van der Waals surface area contributed by atoms with E-state index in [2.05, 4.69) is 10.3 Å². The second-order valence-corrected chi connectivity index (χ2v) is 1.57. The Morgan fingerprint density at radius 2 is 2.30 bits per heavy atom. The molecule has 1 amide bonds. The molecule has 0 radical (unpaired) electrons. The van der Waals surface area contributed by atoms with Crippen molar-refractivity contribution in [2.45, 2.75) is 6.92 Å². The summed E-state index contributed by atoms with van der Waals surface area (Å²) < 4.78 is 0. The smallest absolute Gasteiger partial charge is 0.234 e. The summed E-state index contributed by atoms with van der Waals surface area (Å²) in [6.45, 7) is 1.80. The SMILES string of the molecule is CC=C(NC)C(N)=NC=O. The average Bonchev–Trinajstić information content (AvgIpc) is 1.91. The molecule has 0 aromatic carbocycles. The minimum absolute atomic E-state index is 0.208. The summed E-state index contributed by atoms with van der Waals surface area (Å²) in [6.07, 6.45) is 2.15. The van der Waals surface area contributed by atoms with Crippen LogP contribution >= 0.6 is 0 Å². The zero-order valence-corrected chi connectivity index (χ0v) is 6.09. The van der Waals surface area contributed by atoms with Gasteiger partial charge in [0.15, 0.2) is 0 Å². The lowest BCUT2D eigenvalue weighted by Gasteiger charge is -2.01. The number of hydrogen-bond donors (Lipinski definition) is 2. The highest BCUT2D eigenvalue weighted by molar-refractivity contribution is 5.99. The van der Waals surface area contributed by atoms with Crippen LogP contribution in [0, 0.1) is 0 Å². The number of amides is 1. The molecule has 0 rings (SSSR count). The van der Waals surface area contributed by atoms with Crippen LogP contribution in [-0.4, -0.2) is 19.3 Å². The number of aliphatic imine (C=N–C) groups is 1. The van der Waals surface area contributed by atoms with E-state index in [4.69, 9.17) is 5.73 Å². The van der Waals surface area contributed by atoms with Gasteiger partial charge in [-0.3, -0.25) is 4.79 Å². The van der Waals surface area contributed by atoms with E-state index in [9.17, 15) is 4.79 Å². The van der Waals surface area contributed by atoms with E-state index >= 15 is 0 Å². The predicted octanol–water partition coefficient (Wildman–Crippen LogP) is -0.377. The second kappa shape index (κ2) is 4.55. The van der Waals surface area contributed by atoms with Gasteiger partial charge in [-0.1, -0.05) is 6.08 Å². The van der Waals surface area contributed by atoms with Crippen LogP contribution in [0.15, 0.2) is 16.8 Å². The van der Waals surface area contributed by atoms with Gasteiger partial charge in [0.1, 0.15) is 5.84 Å². The number of nitrogens with two attached hydrogens (primary N) is 1. The van der Waals surface area contributed by atoms with Crippen molar-refractivity contribution in [2.75, 3.05) is 7.05 Å². The Kier molecular flexibility index (Phi) is 3.95. The number of amidine groups is 1. The van der Waals surface area contributed by atoms with E-state index in [-0.39, 0.29) is 5.84 Å². The molecular formula is C6H11N3O. The number of nitrogens with zero attached hydrogens (tertiary/aromatic N) is 1. The monoisotopic (exact) mass is 141 g/mol. The van der Waals surface area contributed by atoms with Crippen LogP contribution in [-0.2, 0) is 4.79 Å². The van der Waals surface area contributed by atoms with Crippen molar-refractivity contribution in [3.63, 3.8) is 0 Å². The highest BCUT2D eigenvalue weighted by atomic mass is 16.1. The Morgan fingerprint density at radius 3 is 2.60 bits per heavy atom. The normalized spacial score (nSPS) is 13.0. The molecule has 0 atom stereocenters. The largest absolute Gasteiger partial charge is 0.385 e. The van der Waals surface area contributed by atoms with Gasteiger partial charge in [0.2, 0.25) is 6.41 Å². The zero-order chi connectivity index (χ0) is 7.98. The van der Waals surface area contributed by atoms with E-state index in [1.165, 1.54) is 0 Å². The number of carbonyl (C=O) groups is 1. The summed E-state index contributed by atoms with van der Waals surface area (Å²) in [7, 11) is 1.71. The van der Waals surface area contributed by atoms with Crippen molar-refractivity contribution in [1.82, 2.24) is 5.32 Å². The first-order valence-electron chi connectivity index (χ1n) is 2.87. The molecule has 0 bridgehead atoms. The molecule has 0 fully saturated rings. The van der Waals surface area contributed by atoms with E-state index in [1.807, 2.05) is 0 Å². The van der Waals surface area contributed by atoms with E-state index in [1.54, 1.807) is 20.0 Å². The summed E-state index contributed by atoms with van der Waals surface area (Å²) in [5.74, 6) is 0.208. The summed E-state index contributed by atoms with van der Waals surface area (Å²) in [4.78, 5) is 13.2. The lowest BCUT2D eigenvalue weighted by Crippen LogP contribution is -2.23. The standard InChI is InChI=1S/C6H11N3O/c1-3-5(8-2)6(7)9-4-10/h3-4,8H,1-2H3,(H2,7,9,10). The average molecular weight is 141 g/mol. The Morgan fingerprint density at radius 1 is 1.70 bits per heavy atom. The third-order valence-electron chi connectivity index (χ3n) is 1.03. The maximum absolute atomic E-state index is 9.83. The minimum atomic E-state index is 0.208. The van der Waals surface area contributed by atoms with E-state index < -0.39 is 0 Å². The third kappa shape index (κ3) is 2.30. The third-order valence-corrected chi connectivity index (χ3v) is 1.03. The second-order valence-electron chi connectivity index (χ2n) is 1.57. The van der Waals surface area contributed by atoms with Crippen molar-refractivity contribution in [1.29, 1.82) is 0 Å². The minimum Gasteiger partial charge on any atom is -0.385 e. The fraction of sp³-hybridized carbons (Fsp3) is 0.333. The van der Waals surface area contributed by atoms with Crippen molar-refractivity contribution in [2.24, 2.45) is 10.7 Å². The molecule has 0 aliphatic rings. The van der Waals surface area contributed by atoms with Crippen molar-refractivity contribution in [3.05, 3.63) is 11.8 Å². The zero-order valence-electron chi connectivity index (χ0n) is 6.09. The fourth-order valence-corrected chi connectivity index (χ4v) is 0.547. The molecule has 0 aromatic rings. The molecule has 0 heterocycles. The first-order chi connectivity index (χ1) is 4.76. The highest BCUT2D eigenvalue weighted by Gasteiger charge is 1.94. The van der Waals surface area contributed by atoms with Crippen molar-refractivity contribution >= 4 is 12.2 Å². The predicted molar refractivity (Wildman–Crippen MR) is 40.5 cm³/mol. The Balaban J connectivity index is 4.30. The number of likely N-dealkylation sites (N-methyl/N-ethyl adjacent to an activating group) is 1. The molecule has 0 saturated heterocycles. The first-order valence-corrected chi connectivity index (χ1v) is 2.87. The maximum Gasteiger partial charge on any atom is 0.234 e. The summed E-state index contributed by atoms with van der Waals surface area (Å²) in [5.41, 5.74) is 6.00. The molecule has 0 unspecified atom stereocenters. The van der Waals surface area contributed by atoms with Crippen LogP contribution < -0.4 is 11.1 Å². The van der Waals surface area contributed by atoms with Crippen LogP contribution in [0.2, 0.25) is 0 Å². The van der Waals surface area contributed by atoms with Crippen molar-refractivity contribution < 1.29 is 4.79 Å². The molecule has 10 heavy (non-hydrogen) atoms. The fourth-order valence-electron chi connectivity index (χ4n) is 0.547. The van der Waals surface area contributed by atoms with E-state index in [0.29, 0.717) is 12.1 Å². The maximum atomic E-state index is 9.83. The summed E-state index contributed by atoms with van der Waals surface area (Å²) in [5, 5.41) is 2.78. The van der Waals surface area contributed by atoms with Crippen LogP contribution in [0.5, 0.6) is 0 Å². The van der Waals surface area contributed by atoms with E-state index in [0.717, 1.165) is 0 Å². The van der Waals surface area contributed by atoms with Gasteiger partial charge >= 0.3 is 0 Å². The summed E-state index contributed by atoms with van der Waals surface area (Å²) in [6, 6.07) is 0. The molecule has 0 aliphatic carbocycles. The van der Waals surface area contributed by atoms with Crippen LogP contribution in [0.1, 0.15) is 6.92 Å². The van der Waals surface area contributed by atoms with Gasteiger partial charge in [0.25, 0.3) is 0 Å². The topological polar surface area (TPSA) is 67.5 Å². The molecule has 0 aromatic heterocycles. The van der Waals surface area contributed by atoms with Gasteiger partial charge in [0.05, 0.1) is 5.70 Å². The number of carbonyl (C=O) groups excluding carboxylic acids is 1. The highest BCUT2D eigenvalue weighted by Crippen LogP contribution is 1.85. The first kappa shape index (κ1) is 8.68. The molecule has 4 nitrogen and oxygen atoms in total. The molecule has 56 valence electrons. The van der Waals surface area contributed by atoms with Crippen LogP contribution in [0.3, 0.4) is 0 Å². The number of hydrogen-bond acceptors (Lipinski definition) is 2. The van der Waals surface area contributed by atoms with Gasteiger partial charge in [0, 0.05) is 7.05 Å². The van der Waals surface area contributed by atoms with Crippen LogP contribution in [0.25, 0.3) is 0 Å². The quantitative estimate of drug-likeness (QED) is 0.320. The number of allylic oxidation sites excluding steroid dienone is 1. The molecule has 4 heteroatoms. The van der Waals surface area contributed by atoms with Gasteiger partial charge in [-0.25, -0.2) is 0 Å². The molecular weight excluding hydrogens is 130 g/mol. The summed E-state index contributed by atoms with van der Waals surface area (Å²) >= 11 is 0. The Bertz CT molecular complexity index is 172. The van der Waals surface area contributed by atoms with Gasteiger partial charge < -0.3 is 11.1 Å². The number of rotatable bonds is 3. The molecule has 0 saturated carbocycles.